The Balaban J connectivity index is 2.66. The largest absolute Gasteiger partial charge is 0.401 e. The fourth-order valence-electron chi connectivity index (χ4n) is 1.42. The summed E-state index contributed by atoms with van der Waals surface area (Å²) in [5.41, 5.74) is 5.88. The first kappa shape index (κ1) is 13.7. The first-order chi connectivity index (χ1) is 7.90. The minimum absolute atomic E-state index is 0.00507. The molecule has 0 spiro atoms. The highest BCUT2D eigenvalue weighted by atomic mass is 19.4. The van der Waals surface area contributed by atoms with Crippen molar-refractivity contribution < 1.29 is 18.3 Å². The number of anilines is 1. The molecule has 0 aliphatic carbocycles. The molecule has 0 aliphatic rings. The Kier molecular flexibility index (Phi) is 4.71. The molecule has 0 atom stereocenters. The maximum Gasteiger partial charge on any atom is 0.401 e. The second-order valence-electron chi connectivity index (χ2n) is 3.60. The van der Waals surface area contributed by atoms with E-state index in [0.29, 0.717) is 5.69 Å². The number of nitrogens with zero attached hydrogens (tertiary/aromatic N) is 2. The van der Waals surface area contributed by atoms with Gasteiger partial charge < -0.3 is 10.8 Å². The van der Waals surface area contributed by atoms with Crippen LogP contribution in [0.1, 0.15) is 5.69 Å². The number of pyridine rings is 1. The van der Waals surface area contributed by atoms with E-state index < -0.39 is 12.7 Å². The van der Waals surface area contributed by atoms with Crippen molar-refractivity contribution in [3.63, 3.8) is 0 Å². The first-order valence-electron chi connectivity index (χ1n) is 5.02. The van der Waals surface area contributed by atoms with Crippen LogP contribution in [0.15, 0.2) is 18.2 Å². The summed E-state index contributed by atoms with van der Waals surface area (Å²) in [7, 11) is 0. The molecule has 1 aromatic rings. The Bertz CT molecular complexity index is 357. The van der Waals surface area contributed by atoms with Gasteiger partial charge in [-0.15, -0.1) is 0 Å². The molecule has 0 bridgehead atoms. The number of aliphatic hydroxyl groups excluding tert-OH is 1. The van der Waals surface area contributed by atoms with Crippen LogP contribution in [0, 0.1) is 0 Å². The van der Waals surface area contributed by atoms with Gasteiger partial charge in [0.25, 0.3) is 0 Å². The molecule has 1 aromatic heterocycles. The van der Waals surface area contributed by atoms with Crippen LogP contribution in [0.5, 0.6) is 0 Å². The summed E-state index contributed by atoms with van der Waals surface area (Å²) in [5, 5.41) is 8.71. The predicted octanol–water partition coefficient (Wildman–Crippen LogP) is 1.02. The minimum atomic E-state index is -4.30. The zero-order valence-electron chi connectivity index (χ0n) is 9.11. The summed E-state index contributed by atoms with van der Waals surface area (Å²) >= 11 is 0. The third-order valence-corrected chi connectivity index (χ3v) is 2.03. The number of halogens is 3. The van der Waals surface area contributed by atoms with Gasteiger partial charge in [0.2, 0.25) is 0 Å². The minimum Gasteiger partial charge on any atom is -0.395 e. The van der Waals surface area contributed by atoms with E-state index in [9.17, 15) is 13.2 Å². The molecule has 0 unspecified atom stereocenters. The lowest BCUT2D eigenvalue weighted by Gasteiger charge is -2.22. The van der Waals surface area contributed by atoms with Crippen molar-refractivity contribution in [2.75, 3.05) is 25.4 Å². The van der Waals surface area contributed by atoms with Crippen LogP contribution >= 0.6 is 0 Å². The van der Waals surface area contributed by atoms with Crippen molar-refractivity contribution in [2.45, 2.75) is 12.7 Å². The number of nitrogen functional groups attached to an aromatic ring is 1. The lowest BCUT2D eigenvalue weighted by Crippen LogP contribution is -2.36. The Labute approximate surface area is 96.9 Å². The van der Waals surface area contributed by atoms with E-state index in [0.717, 1.165) is 4.90 Å². The number of nitrogens with two attached hydrogens (primary N) is 1. The van der Waals surface area contributed by atoms with E-state index in [1.54, 1.807) is 18.2 Å². The van der Waals surface area contributed by atoms with E-state index in [1.165, 1.54) is 0 Å². The number of aromatic nitrogens is 1. The summed E-state index contributed by atoms with van der Waals surface area (Å²) in [5.74, 6) is 0.262. The average molecular weight is 249 g/mol. The van der Waals surface area contributed by atoms with Crippen LogP contribution in [-0.4, -0.2) is 40.9 Å². The van der Waals surface area contributed by atoms with Crippen molar-refractivity contribution in [3.8, 4) is 0 Å². The lowest BCUT2D eigenvalue weighted by molar-refractivity contribution is -0.148. The molecule has 17 heavy (non-hydrogen) atoms. The highest BCUT2D eigenvalue weighted by Gasteiger charge is 2.30. The molecule has 1 rings (SSSR count). The van der Waals surface area contributed by atoms with Gasteiger partial charge in [0.05, 0.1) is 18.8 Å². The third-order valence-electron chi connectivity index (χ3n) is 2.03. The number of rotatable bonds is 5. The molecule has 1 heterocycles. The zero-order valence-corrected chi connectivity index (χ0v) is 9.11. The molecular formula is C10H14F3N3O. The van der Waals surface area contributed by atoms with Gasteiger partial charge in [0, 0.05) is 13.1 Å². The molecule has 0 saturated heterocycles. The van der Waals surface area contributed by atoms with Gasteiger partial charge in [0.15, 0.2) is 0 Å². The highest BCUT2D eigenvalue weighted by molar-refractivity contribution is 5.28. The van der Waals surface area contributed by atoms with Gasteiger partial charge in [-0.2, -0.15) is 13.2 Å². The lowest BCUT2D eigenvalue weighted by atomic mass is 10.3. The number of hydrogen-bond donors (Lipinski definition) is 2. The van der Waals surface area contributed by atoms with Crippen LogP contribution in [0.2, 0.25) is 0 Å². The van der Waals surface area contributed by atoms with Crippen molar-refractivity contribution in [1.29, 1.82) is 0 Å². The summed E-state index contributed by atoms with van der Waals surface area (Å²) in [6, 6.07) is 4.78. The van der Waals surface area contributed by atoms with Gasteiger partial charge >= 0.3 is 6.18 Å². The van der Waals surface area contributed by atoms with Gasteiger partial charge in [-0.1, -0.05) is 6.07 Å². The number of aliphatic hydroxyl groups is 1. The normalized spacial score (nSPS) is 12.1. The average Bonchev–Trinajstić information content (AvgIpc) is 2.15. The second-order valence-corrected chi connectivity index (χ2v) is 3.60. The van der Waals surface area contributed by atoms with Crippen molar-refractivity contribution >= 4 is 5.82 Å². The van der Waals surface area contributed by atoms with Crippen LogP contribution in [-0.2, 0) is 6.54 Å². The maximum atomic E-state index is 12.2. The maximum absolute atomic E-state index is 12.2. The van der Waals surface area contributed by atoms with Crippen molar-refractivity contribution in [1.82, 2.24) is 9.88 Å². The quantitative estimate of drug-likeness (QED) is 0.818. The van der Waals surface area contributed by atoms with E-state index >= 15 is 0 Å². The molecule has 0 fully saturated rings. The van der Waals surface area contributed by atoms with Crippen LogP contribution in [0.25, 0.3) is 0 Å². The van der Waals surface area contributed by atoms with Crippen LogP contribution in [0.3, 0.4) is 0 Å². The standard InChI is InChI=1S/C10H14F3N3O/c11-10(12,13)7-16(4-5-17)6-8-2-1-3-9(14)15-8/h1-3,17H,4-7H2,(H2,14,15). The van der Waals surface area contributed by atoms with E-state index in [-0.39, 0.29) is 25.5 Å². The molecule has 7 heteroatoms. The molecule has 0 saturated carbocycles. The first-order valence-corrected chi connectivity index (χ1v) is 5.02. The summed E-state index contributed by atoms with van der Waals surface area (Å²) in [6.45, 7) is -1.47. The fourth-order valence-corrected chi connectivity index (χ4v) is 1.42. The van der Waals surface area contributed by atoms with E-state index in [4.69, 9.17) is 10.8 Å². The predicted molar refractivity (Wildman–Crippen MR) is 57.1 cm³/mol. The van der Waals surface area contributed by atoms with Gasteiger partial charge in [-0.25, -0.2) is 4.98 Å². The fraction of sp³-hybridized carbons (Fsp3) is 0.500. The van der Waals surface area contributed by atoms with E-state index in [1.807, 2.05) is 0 Å². The van der Waals surface area contributed by atoms with Crippen LogP contribution in [0.4, 0.5) is 19.0 Å². The van der Waals surface area contributed by atoms with Gasteiger partial charge in [-0.3, -0.25) is 4.90 Å². The SMILES string of the molecule is Nc1cccc(CN(CCO)CC(F)(F)F)n1. The monoisotopic (exact) mass is 249 g/mol. The number of alkyl halides is 3. The molecule has 0 amide bonds. The Morgan fingerprint density at radius 3 is 2.59 bits per heavy atom. The summed E-state index contributed by atoms with van der Waals surface area (Å²) in [4.78, 5) is 4.98. The molecule has 0 aromatic carbocycles. The Hall–Kier alpha value is -1.34. The molecule has 0 aliphatic heterocycles. The third kappa shape index (κ3) is 5.50. The second kappa shape index (κ2) is 5.83. The van der Waals surface area contributed by atoms with Gasteiger partial charge in [-0.05, 0) is 12.1 Å². The summed E-state index contributed by atoms with van der Waals surface area (Å²) < 4.78 is 36.7. The Morgan fingerprint density at radius 2 is 2.06 bits per heavy atom. The van der Waals surface area contributed by atoms with Crippen molar-refractivity contribution in [3.05, 3.63) is 23.9 Å². The highest BCUT2D eigenvalue weighted by Crippen LogP contribution is 2.17. The topological polar surface area (TPSA) is 62.4 Å². The molecule has 96 valence electrons. The zero-order chi connectivity index (χ0) is 12.9. The van der Waals surface area contributed by atoms with E-state index in [2.05, 4.69) is 4.98 Å². The van der Waals surface area contributed by atoms with Crippen LogP contribution < -0.4 is 5.73 Å². The van der Waals surface area contributed by atoms with Crippen molar-refractivity contribution in [2.24, 2.45) is 0 Å². The smallest absolute Gasteiger partial charge is 0.395 e. The molecule has 3 N–H and O–H groups in total. The molecule has 4 nitrogen and oxygen atoms in total. The number of hydrogen-bond acceptors (Lipinski definition) is 4. The summed E-state index contributed by atoms with van der Waals surface area (Å²) in [6.07, 6.45) is -4.30. The molecular weight excluding hydrogens is 235 g/mol. The van der Waals surface area contributed by atoms with Gasteiger partial charge in [0.1, 0.15) is 5.82 Å². The molecule has 0 radical (unpaired) electrons. The Morgan fingerprint density at radius 1 is 1.35 bits per heavy atom.